The van der Waals surface area contributed by atoms with Crippen molar-refractivity contribution in [1.29, 1.82) is 0 Å². The predicted octanol–water partition coefficient (Wildman–Crippen LogP) is 4.49. The number of carbonyl (C=O) groups is 1. The van der Waals surface area contributed by atoms with Crippen LogP contribution in [0.2, 0.25) is 0 Å². The van der Waals surface area contributed by atoms with Crippen LogP contribution in [-0.4, -0.2) is 5.78 Å². The van der Waals surface area contributed by atoms with Gasteiger partial charge < -0.3 is 0 Å². The highest BCUT2D eigenvalue weighted by Crippen LogP contribution is 2.24. The summed E-state index contributed by atoms with van der Waals surface area (Å²) < 4.78 is 13.7. The average Bonchev–Trinajstić information content (AvgIpc) is 2.39. The quantitative estimate of drug-likeness (QED) is 0.738. The number of hydrogen-bond acceptors (Lipinski definition) is 1. The summed E-state index contributed by atoms with van der Waals surface area (Å²) in [5, 5.41) is 0. The minimum atomic E-state index is -0.230. The molecular formula is C17H15FO. The number of ketones is 1. The van der Waals surface area contributed by atoms with Crippen molar-refractivity contribution in [2.24, 2.45) is 0 Å². The number of carbonyl (C=O) groups excluding carboxylic acids is 1. The fourth-order valence-electron chi connectivity index (χ4n) is 2.00. The normalized spacial score (nSPS) is 11.4. The maximum atomic E-state index is 13.7. The van der Waals surface area contributed by atoms with Gasteiger partial charge in [-0.2, -0.15) is 0 Å². The van der Waals surface area contributed by atoms with Crippen LogP contribution in [0.3, 0.4) is 0 Å². The summed E-state index contributed by atoms with van der Waals surface area (Å²) in [7, 11) is 0. The third-order valence-corrected chi connectivity index (χ3v) is 2.94. The summed E-state index contributed by atoms with van der Waals surface area (Å²) in [6.45, 7) is 3.41. The van der Waals surface area contributed by atoms with E-state index in [4.69, 9.17) is 0 Å². The fraction of sp³-hybridized carbons (Fsp3) is 0.118. The first-order chi connectivity index (χ1) is 9.08. The Kier molecular flexibility index (Phi) is 3.91. The smallest absolute Gasteiger partial charge is 0.152 e. The molecule has 0 spiro atoms. The highest BCUT2D eigenvalue weighted by molar-refractivity contribution is 5.94. The fourth-order valence-corrected chi connectivity index (χ4v) is 2.00. The summed E-state index contributed by atoms with van der Waals surface area (Å²) in [5.74, 6) is -0.207. The lowest BCUT2D eigenvalue weighted by Crippen LogP contribution is -1.87. The molecule has 0 heterocycles. The lowest BCUT2D eigenvalue weighted by molar-refractivity contribution is -0.112. The predicted molar refractivity (Wildman–Crippen MR) is 76.2 cm³/mol. The zero-order valence-corrected chi connectivity index (χ0v) is 11.0. The Morgan fingerprint density at radius 2 is 1.63 bits per heavy atom. The summed E-state index contributed by atoms with van der Waals surface area (Å²) in [6, 6.07) is 14.2. The Morgan fingerprint density at radius 1 is 1.00 bits per heavy atom. The van der Waals surface area contributed by atoms with E-state index >= 15 is 0 Å². The van der Waals surface area contributed by atoms with E-state index in [9.17, 15) is 9.18 Å². The summed E-state index contributed by atoms with van der Waals surface area (Å²) >= 11 is 0. The molecule has 2 aromatic carbocycles. The first kappa shape index (κ1) is 13.2. The van der Waals surface area contributed by atoms with Crippen molar-refractivity contribution in [3.63, 3.8) is 0 Å². The molecule has 2 heteroatoms. The molecule has 0 aliphatic rings. The van der Waals surface area contributed by atoms with Crippen molar-refractivity contribution >= 4 is 11.4 Å². The molecule has 2 aromatic rings. The van der Waals surface area contributed by atoms with Crippen LogP contribution in [0, 0.1) is 5.82 Å². The molecule has 0 aliphatic heterocycles. The molecule has 1 nitrogen and oxygen atoms in total. The third-order valence-electron chi connectivity index (χ3n) is 2.94. The zero-order chi connectivity index (χ0) is 13.8. The molecule has 0 unspecified atom stereocenters. The van der Waals surface area contributed by atoms with E-state index in [0.717, 1.165) is 16.7 Å². The minimum Gasteiger partial charge on any atom is -0.295 e. The summed E-state index contributed by atoms with van der Waals surface area (Å²) in [5.41, 5.74) is 3.29. The molecule has 0 aromatic heterocycles. The van der Waals surface area contributed by atoms with Crippen molar-refractivity contribution in [3.05, 3.63) is 66.0 Å². The second-order valence-electron chi connectivity index (χ2n) is 4.50. The molecule has 0 aliphatic carbocycles. The summed E-state index contributed by atoms with van der Waals surface area (Å²) in [4.78, 5) is 11.0. The van der Waals surface area contributed by atoms with Gasteiger partial charge in [0.1, 0.15) is 5.82 Å². The largest absolute Gasteiger partial charge is 0.295 e. The second-order valence-corrected chi connectivity index (χ2v) is 4.50. The highest BCUT2D eigenvalue weighted by atomic mass is 19.1. The summed E-state index contributed by atoms with van der Waals surface area (Å²) in [6.07, 6.45) is 1.60. The van der Waals surface area contributed by atoms with E-state index in [1.165, 1.54) is 13.0 Å². The maximum absolute atomic E-state index is 13.7. The minimum absolute atomic E-state index is 0.0238. The highest BCUT2D eigenvalue weighted by Gasteiger charge is 2.04. The molecule has 2 rings (SSSR count). The Bertz CT molecular complexity index is 624. The van der Waals surface area contributed by atoms with Crippen LogP contribution in [0.5, 0.6) is 0 Å². The first-order valence-corrected chi connectivity index (χ1v) is 6.12. The van der Waals surface area contributed by atoms with Crippen molar-refractivity contribution in [2.45, 2.75) is 13.8 Å². The van der Waals surface area contributed by atoms with Crippen molar-refractivity contribution in [1.82, 2.24) is 0 Å². The Balaban J connectivity index is 2.34. The third kappa shape index (κ3) is 3.16. The Labute approximate surface area is 112 Å². The van der Waals surface area contributed by atoms with E-state index in [1.54, 1.807) is 18.2 Å². The molecular weight excluding hydrogens is 239 g/mol. The Hall–Kier alpha value is -2.22. The van der Waals surface area contributed by atoms with Crippen LogP contribution in [0.25, 0.3) is 16.7 Å². The van der Waals surface area contributed by atoms with Crippen molar-refractivity contribution in [3.8, 4) is 11.1 Å². The van der Waals surface area contributed by atoms with Gasteiger partial charge in [0.05, 0.1) is 0 Å². The molecule has 0 fully saturated rings. The number of allylic oxidation sites excluding steroid dienone is 2. The molecule has 19 heavy (non-hydrogen) atoms. The molecule has 0 bridgehead atoms. The molecule has 96 valence electrons. The van der Waals surface area contributed by atoms with Gasteiger partial charge >= 0.3 is 0 Å². The maximum Gasteiger partial charge on any atom is 0.152 e. The van der Waals surface area contributed by atoms with Gasteiger partial charge in [-0.15, -0.1) is 0 Å². The number of benzene rings is 2. The van der Waals surface area contributed by atoms with E-state index in [-0.39, 0.29) is 11.6 Å². The van der Waals surface area contributed by atoms with Gasteiger partial charge in [-0.25, -0.2) is 4.39 Å². The lowest BCUT2D eigenvalue weighted by atomic mass is 10.0. The van der Waals surface area contributed by atoms with Crippen LogP contribution in [0.1, 0.15) is 19.4 Å². The molecule has 0 saturated carbocycles. The van der Waals surface area contributed by atoms with E-state index in [0.29, 0.717) is 5.56 Å². The van der Waals surface area contributed by atoms with Gasteiger partial charge in [-0.05, 0) is 42.7 Å². The van der Waals surface area contributed by atoms with Crippen LogP contribution in [-0.2, 0) is 4.79 Å². The van der Waals surface area contributed by atoms with Crippen LogP contribution in [0.15, 0.2) is 54.6 Å². The van der Waals surface area contributed by atoms with Gasteiger partial charge in [-0.3, -0.25) is 4.79 Å². The number of rotatable bonds is 3. The molecule has 0 atom stereocenters. The van der Waals surface area contributed by atoms with Crippen molar-refractivity contribution in [2.75, 3.05) is 0 Å². The lowest BCUT2D eigenvalue weighted by Gasteiger charge is -2.05. The van der Waals surface area contributed by atoms with Gasteiger partial charge in [0.15, 0.2) is 5.78 Å². The average molecular weight is 254 g/mol. The monoisotopic (exact) mass is 254 g/mol. The SMILES string of the molecule is CC(=O)/C=C(/C)c1ccc(-c2ccccc2F)cc1. The van der Waals surface area contributed by atoms with E-state index in [1.807, 2.05) is 37.3 Å². The zero-order valence-electron chi connectivity index (χ0n) is 11.0. The van der Waals surface area contributed by atoms with Gasteiger partial charge in [-0.1, -0.05) is 42.5 Å². The van der Waals surface area contributed by atoms with Gasteiger partial charge in [0.25, 0.3) is 0 Å². The molecule has 0 radical (unpaired) electrons. The standard InChI is InChI=1S/C17H15FO/c1-12(11-13(2)19)14-7-9-15(10-8-14)16-5-3-4-6-17(16)18/h3-11H,1-2H3/b12-11-. The van der Waals surface area contributed by atoms with E-state index < -0.39 is 0 Å². The topological polar surface area (TPSA) is 17.1 Å². The van der Waals surface area contributed by atoms with E-state index in [2.05, 4.69) is 0 Å². The molecule has 0 amide bonds. The van der Waals surface area contributed by atoms with Gasteiger partial charge in [0.2, 0.25) is 0 Å². The van der Waals surface area contributed by atoms with Crippen molar-refractivity contribution < 1.29 is 9.18 Å². The second kappa shape index (κ2) is 5.61. The molecule has 0 saturated heterocycles. The Morgan fingerprint density at radius 3 is 2.21 bits per heavy atom. The molecule has 0 N–H and O–H groups in total. The number of halogens is 1. The number of hydrogen-bond donors (Lipinski definition) is 0. The van der Waals surface area contributed by atoms with Crippen LogP contribution < -0.4 is 0 Å². The van der Waals surface area contributed by atoms with Crippen LogP contribution in [0.4, 0.5) is 4.39 Å². The van der Waals surface area contributed by atoms with Crippen LogP contribution >= 0.6 is 0 Å². The van der Waals surface area contributed by atoms with Gasteiger partial charge in [0, 0.05) is 5.56 Å². The first-order valence-electron chi connectivity index (χ1n) is 6.12.